The number of pyridine rings is 1. The van der Waals surface area contributed by atoms with Crippen LogP contribution in [0.2, 0.25) is 0 Å². The molecule has 0 atom stereocenters. The Labute approximate surface area is 154 Å². The largest absolute Gasteiger partial charge is 0.454 e. The molecule has 1 N–H and O–H groups in total. The third-order valence-corrected chi connectivity index (χ3v) is 4.11. The molecule has 0 spiro atoms. The van der Waals surface area contributed by atoms with Gasteiger partial charge in [0.15, 0.2) is 6.61 Å². The molecule has 132 valence electrons. The molecule has 0 amide bonds. The van der Waals surface area contributed by atoms with E-state index in [1.165, 1.54) is 6.20 Å². The number of carbonyl (C=O) groups excluding carboxylic acids is 2. The number of para-hydroxylation sites is 2. The number of imidazole rings is 1. The van der Waals surface area contributed by atoms with Crippen molar-refractivity contribution in [2.45, 2.75) is 0 Å². The number of Topliss-reactive ketones (excluding diaryl/α,β-unsaturated/α-hetero) is 1. The molecule has 4 aromatic rings. The molecule has 0 bridgehead atoms. The average Bonchev–Trinajstić information content (AvgIpc) is 3.16. The molecule has 0 radical (unpaired) electrons. The summed E-state index contributed by atoms with van der Waals surface area (Å²) in [5, 5.41) is 0. The summed E-state index contributed by atoms with van der Waals surface area (Å²) in [5.41, 5.74) is 3.05. The SMILES string of the molecule is O=C(COC(=O)c1ccccc1-c1nc2ccccc2[nH]1)c1cccnc1. The Morgan fingerprint density at radius 2 is 1.78 bits per heavy atom. The quantitative estimate of drug-likeness (QED) is 0.435. The lowest BCUT2D eigenvalue weighted by atomic mass is 10.1. The van der Waals surface area contributed by atoms with Gasteiger partial charge >= 0.3 is 5.97 Å². The molecular weight excluding hydrogens is 342 g/mol. The number of fused-ring (bicyclic) bond motifs is 1. The minimum atomic E-state index is -0.580. The van der Waals surface area contributed by atoms with Crippen LogP contribution in [0.5, 0.6) is 0 Å². The zero-order valence-electron chi connectivity index (χ0n) is 14.3. The number of rotatable bonds is 5. The Morgan fingerprint density at radius 3 is 2.59 bits per heavy atom. The van der Waals surface area contributed by atoms with Crippen molar-refractivity contribution in [2.75, 3.05) is 6.61 Å². The van der Waals surface area contributed by atoms with Crippen molar-refractivity contribution >= 4 is 22.8 Å². The van der Waals surface area contributed by atoms with E-state index in [9.17, 15) is 9.59 Å². The molecule has 2 aromatic heterocycles. The standard InChI is InChI=1S/C21H15N3O3/c25-19(14-6-5-11-22-12-14)13-27-21(26)16-8-2-1-7-15(16)20-23-17-9-3-4-10-18(17)24-20/h1-12H,13H2,(H,23,24). The van der Waals surface area contributed by atoms with E-state index in [0.717, 1.165) is 11.0 Å². The van der Waals surface area contributed by atoms with Crippen LogP contribution in [0.3, 0.4) is 0 Å². The van der Waals surface area contributed by atoms with Crippen LogP contribution in [0.25, 0.3) is 22.4 Å². The van der Waals surface area contributed by atoms with Crippen molar-refractivity contribution in [1.29, 1.82) is 0 Å². The third kappa shape index (κ3) is 3.46. The number of aromatic nitrogens is 3. The van der Waals surface area contributed by atoms with E-state index in [1.807, 2.05) is 30.3 Å². The van der Waals surface area contributed by atoms with E-state index in [0.29, 0.717) is 22.5 Å². The highest BCUT2D eigenvalue weighted by molar-refractivity contribution is 6.01. The highest BCUT2D eigenvalue weighted by atomic mass is 16.5. The lowest BCUT2D eigenvalue weighted by Gasteiger charge is -2.07. The fraction of sp³-hybridized carbons (Fsp3) is 0.0476. The summed E-state index contributed by atoms with van der Waals surface area (Å²) in [4.78, 5) is 36.3. The number of hydrogen-bond donors (Lipinski definition) is 1. The van der Waals surface area contributed by atoms with Crippen molar-refractivity contribution in [1.82, 2.24) is 15.0 Å². The van der Waals surface area contributed by atoms with Crippen LogP contribution in [0.1, 0.15) is 20.7 Å². The Hall–Kier alpha value is -3.80. The molecule has 6 heteroatoms. The lowest BCUT2D eigenvalue weighted by Crippen LogP contribution is -2.15. The second-order valence-electron chi connectivity index (χ2n) is 5.89. The number of ketones is 1. The number of carbonyl (C=O) groups is 2. The number of esters is 1. The van der Waals surface area contributed by atoms with E-state index in [4.69, 9.17) is 4.74 Å². The van der Waals surface area contributed by atoms with Crippen molar-refractivity contribution in [3.8, 4) is 11.4 Å². The Morgan fingerprint density at radius 1 is 0.963 bits per heavy atom. The molecular formula is C21H15N3O3. The maximum atomic E-state index is 12.6. The first kappa shape index (κ1) is 16.7. The number of nitrogens with one attached hydrogen (secondary N) is 1. The maximum absolute atomic E-state index is 12.6. The van der Waals surface area contributed by atoms with Gasteiger partial charge in [0.1, 0.15) is 5.82 Å². The van der Waals surface area contributed by atoms with Crippen LogP contribution in [-0.2, 0) is 4.74 Å². The average molecular weight is 357 g/mol. The summed E-state index contributed by atoms with van der Waals surface area (Å²) in [6, 6.07) is 17.9. The molecule has 0 saturated heterocycles. The van der Waals surface area contributed by atoms with E-state index in [2.05, 4.69) is 15.0 Å². The second-order valence-corrected chi connectivity index (χ2v) is 5.89. The first-order valence-electron chi connectivity index (χ1n) is 8.37. The van der Waals surface area contributed by atoms with Gasteiger partial charge in [0, 0.05) is 23.5 Å². The lowest BCUT2D eigenvalue weighted by molar-refractivity contribution is 0.0475. The fourth-order valence-electron chi connectivity index (χ4n) is 2.77. The Kier molecular flexibility index (Phi) is 4.45. The van der Waals surface area contributed by atoms with Crippen LogP contribution >= 0.6 is 0 Å². The molecule has 0 saturated carbocycles. The Bertz CT molecular complexity index is 1090. The summed E-state index contributed by atoms with van der Waals surface area (Å²) >= 11 is 0. The van der Waals surface area contributed by atoms with E-state index < -0.39 is 5.97 Å². The number of aromatic amines is 1. The summed E-state index contributed by atoms with van der Waals surface area (Å²) in [6.07, 6.45) is 3.02. The van der Waals surface area contributed by atoms with Crippen molar-refractivity contribution in [3.05, 3.63) is 84.2 Å². The molecule has 2 heterocycles. The van der Waals surface area contributed by atoms with Gasteiger partial charge in [0.25, 0.3) is 0 Å². The summed E-state index contributed by atoms with van der Waals surface area (Å²) in [7, 11) is 0. The molecule has 27 heavy (non-hydrogen) atoms. The normalized spacial score (nSPS) is 10.7. The summed E-state index contributed by atoms with van der Waals surface area (Å²) < 4.78 is 5.22. The first-order chi connectivity index (χ1) is 13.2. The number of benzene rings is 2. The van der Waals surface area contributed by atoms with Crippen molar-refractivity contribution < 1.29 is 14.3 Å². The van der Waals surface area contributed by atoms with Gasteiger partial charge in [-0.15, -0.1) is 0 Å². The number of ether oxygens (including phenoxy) is 1. The minimum absolute atomic E-state index is 0.308. The monoisotopic (exact) mass is 357 g/mol. The van der Waals surface area contributed by atoms with Gasteiger partial charge in [0.2, 0.25) is 5.78 Å². The van der Waals surface area contributed by atoms with E-state index in [1.54, 1.807) is 36.5 Å². The second kappa shape index (κ2) is 7.21. The van der Waals surface area contributed by atoms with Crippen LogP contribution in [0.4, 0.5) is 0 Å². The number of hydrogen-bond acceptors (Lipinski definition) is 5. The number of nitrogens with zero attached hydrogens (tertiary/aromatic N) is 2. The molecule has 0 aliphatic heterocycles. The van der Waals surface area contributed by atoms with Gasteiger partial charge in [-0.1, -0.05) is 30.3 Å². The molecule has 0 fully saturated rings. The zero-order chi connectivity index (χ0) is 18.6. The maximum Gasteiger partial charge on any atom is 0.339 e. The molecule has 6 nitrogen and oxygen atoms in total. The van der Waals surface area contributed by atoms with Gasteiger partial charge in [-0.05, 0) is 30.3 Å². The molecule has 0 aliphatic rings. The van der Waals surface area contributed by atoms with Crippen LogP contribution < -0.4 is 0 Å². The van der Waals surface area contributed by atoms with Crippen molar-refractivity contribution in [3.63, 3.8) is 0 Å². The minimum Gasteiger partial charge on any atom is -0.454 e. The fourth-order valence-corrected chi connectivity index (χ4v) is 2.77. The van der Waals surface area contributed by atoms with Crippen LogP contribution in [0, 0.1) is 0 Å². The molecule has 2 aromatic carbocycles. The highest BCUT2D eigenvalue weighted by Crippen LogP contribution is 2.24. The predicted octanol–water partition coefficient (Wildman–Crippen LogP) is 3.66. The van der Waals surface area contributed by atoms with Gasteiger partial charge in [-0.3, -0.25) is 9.78 Å². The van der Waals surface area contributed by atoms with E-state index >= 15 is 0 Å². The number of H-pyrrole nitrogens is 1. The zero-order valence-corrected chi connectivity index (χ0v) is 14.3. The Balaban J connectivity index is 1.57. The van der Waals surface area contributed by atoms with Gasteiger partial charge in [-0.2, -0.15) is 0 Å². The van der Waals surface area contributed by atoms with Gasteiger partial charge in [-0.25, -0.2) is 9.78 Å². The first-order valence-corrected chi connectivity index (χ1v) is 8.37. The topological polar surface area (TPSA) is 84.9 Å². The molecule has 0 aliphatic carbocycles. The third-order valence-electron chi connectivity index (χ3n) is 4.11. The van der Waals surface area contributed by atoms with Crippen LogP contribution in [-0.4, -0.2) is 33.3 Å². The summed E-state index contributed by atoms with van der Waals surface area (Å²) in [6.45, 7) is -0.348. The molecule has 4 rings (SSSR count). The van der Waals surface area contributed by atoms with Crippen molar-refractivity contribution in [2.24, 2.45) is 0 Å². The predicted molar refractivity (Wildman–Crippen MR) is 100 cm³/mol. The van der Waals surface area contributed by atoms with Gasteiger partial charge < -0.3 is 9.72 Å². The van der Waals surface area contributed by atoms with Gasteiger partial charge in [0.05, 0.1) is 16.6 Å². The summed E-state index contributed by atoms with van der Waals surface area (Å²) in [5.74, 6) is -0.316. The van der Waals surface area contributed by atoms with Crippen LogP contribution in [0.15, 0.2) is 73.1 Å². The molecule has 0 unspecified atom stereocenters. The van der Waals surface area contributed by atoms with E-state index in [-0.39, 0.29) is 12.4 Å². The smallest absolute Gasteiger partial charge is 0.339 e. The highest BCUT2D eigenvalue weighted by Gasteiger charge is 2.18.